The lowest BCUT2D eigenvalue weighted by Gasteiger charge is -2.16. The Balaban J connectivity index is 1.58. The molecule has 3 aromatic heterocycles. The molecule has 0 bridgehead atoms. The van der Waals surface area contributed by atoms with Crippen LogP contribution in [-0.2, 0) is 11.2 Å². The highest BCUT2D eigenvalue weighted by molar-refractivity contribution is 7.20. The monoisotopic (exact) mass is 440 g/mol. The second kappa shape index (κ2) is 9.30. The molecule has 0 aliphatic carbocycles. The molecule has 0 saturated carbocycles. The van der Waals surface area contributed by atoms with Crippen molar-refractivity contribution in [2.24, 2.45) is 0 Å². The topological polar surface area (TPSA) is 64.1 Å². The summed E-state index contributed by atoms with van der Waals surface area (Å²) in [7, 11) is 0. The van der Waals surface area contributed by atoms with Gasteiger partial charge < -0.3 is 10.1 Å². The van der Waals surface area contributed by atoms with E-state index in [1.54, 1.807) is 35.0 Å². The maximum Gasteiger partial charge on any atom is 0.357 e. The predicted octanol–water partition coefficient (Wildman–Crippen LogP) is 5.70. The van der Waals surface area contributed by atoms with Crippen molar-refractivity contribution in [3.8, 4) is 9.88 Å². The summed E-state index contributed by atoms with van der Waals surface area (Å²) in [4.78, 5) is 22.3. The Morgan fingerprint density at radius 3 is 2.79 bits per heavy atom. The van der Waals surface area contributed by atoms with E-state index in [4.69, 9.17) is 9.72 Å². The van der Waals surface area contributed by atoms with Crippen molar-refractivity contribution in [1.82, 2.24) is 9.97 Å². The van der Waals surface area contributed by atoms with Crippen LogP contribution < -0.4 is 5.32 Å². The minimum absolute atomic E-state index is 0.0662. The van der Waals surface area contributed by atoms with Gasteiger partial charge in [-0.1, -0.05) is 30.3 Å². The molecule has 0 spiro atoms. The lowest BCUT2D eigenvalue weighted by molar-refractivity contribution is 0.0520. The number of ether oxygens (including phenoxy) is 1. The number of nitrogens with one attached hydrogen (secondary N) is 1. The number of carbonyl (C=O) groups is 1. The van der Waals surface area contributed by atoms with Gasteiger partial charge in [-0.3, -0.25) is 0 Å². The fraction of sp³-hybridized carbons (Fsp3) is 0.190. The van der Waals surface area contributed by atoms with Crippen molar-refractivity contribution in [3.63, 3.8) is 0 Å². The minimum atomic E-state index is -0.402. The molecule has 1 N–H and O–H groups in total. The van der Waals surface area contributed by atoms with E-state index in [0.29, 0.717) is 17.4 Å². The van der Waals surface area contributed by atoms with Crippen LogP contribution in [0.5, 0.6) is 0 Å². The van der Waals surface area contributed by atoms with Crippen molar-refractivity contribution in [3.05, 3.63) is 75.6 Å². The van der Waals surface area contributed by atoms with E-state index < -0.39 is 5.97 Å². The highest BCUT2D eigenvalue weighted by Gasteiger charge is 2.20. The number of benzene rings is 1. The minimum Gasteiger partial charge on any atom is -0.461 e. The molecule has 1 radical (unpaired) electrons. The van der Waals surface area contributed by atoms with Gasteiger partial charge in [0.15, 0.2) is 10.8 Å². The number of nitrogens with zero attached hydrogens (tertiary/aromatic N) is 2. The first-order chi connectivity index (χ1) is 14.2. The van der Waals surface area contributed by atoms with Crippen molar-refractivity contribution in [2.75, 3.05) is 11.9 Å². The maximum atomic E-state index is 11.9. The molecular formula is C21H18N3O2S3. The van der Waals surface area contributed by atoms with Gasteiger partial charge in [0.05, 0.1) is 23.2 Å². The first-order valence-electron chi connectivity index (χ1n) is 9.06. The molecule has 0 fully saturated rings. The van der Waals surface area contributed by atoms with Crippen molar-refractivity contribution in [1.29, 1.82) is 0 Å². The summed E-state index contributed by atoms with van der Waals surface area (Å²) < 4.78 is 5.04. The van der Waals surface area contributed by atoms with Crippen LogP contribution in [-0.4, -0.2) is 22.5 Å². The summed E-state index contributed by atoms with van der Waals surface area (Å²) in [5.74, 6) is -0.402. The molecule has 0 amide bonds. The van der Waals surface area contributed by atoms with Gasteiger partial charge in [-0.2, -0.15) is 0 Å². The number of thiophene rings is 1. The molecule has 29 heavy (non-hydrogen) atoms. The molecule has 3 heterocycles. The van der Waals surface area contributed by atoms with Crippen molar-refractivity contribution in [2.45, 2.75) is 19.4 Å². The fourth-order valence-corrected chi connectivity index (χ4v) is 5.19. The third-order valence-electron chi connectivity index (χ3n) is 4.12. The van der Waals surface area contributed by atoms with Crippen LogP contribution in [0.3, 0.4) is 0 Å². The third-order valence-corrected chi connectivity index (χ3v) is 6.80. The largest absolute Gasteiger partial charge is 0.461 e. The van der Waals surface area contributed by atoms with Gasteiger partial charge in [0.2, 0.25) is 0 Å². The van der Waals surface area contributed by atoms with Crippen LogP contribution in [0.1, 0.15) is 34.7 Å². The zero-order chi connectivity index (χ0) is 20.1. The summed E-state index contributed by atoms with van der Waals surface area (Å²) in [5.41, 5.74) is 2.46. The summed E-state index contributed by atoms with van der Waals surface area (Å²) in [5, 5.41) is 11.0. The van der Waals surface area contributed by atoms with Gasteiger partial charge in [0.25, 0.3) is 0 Å². The van der Waals surface area contributed by atoms with Crippen LogP contribution in [0.15, 0.2) is 52.5 Å². The number of anilines is 1. The Morgan fingerprint density at radius 1 is 1.17 bits per heavy atom. The van der Waals surface area contributed by atoms with Crippen molar-refractivity contribution < 1.29 is 9.53 Å². The van der Waals surface area contributed by atoms with Crippen LogP contribution in [0, 0.1) is 6.07 Å². The predicted molar refractivity (Wildman–Crippen MR) is 119 cm³/mol. The molecule has 0 aliphatic heterocycles. The van der Waals surface area contributed by atoms with E-state index in [2.05, 4.69) is 33.2 Å². The smallest absolute Gasteiger partial charge is 0.357 e. The number of hydrogen-bond donors (Lipinski definition) is 1. The number of esters is 1. The highest BCUT2D eigenvalue weighted by atomic mass is 32.1. The second-order valence-electron chi connectivity index (χ2n) is 6.12. The van der Waals surface area contributed by atoms with Crippen LogP contribution in [0.4, 0.5) is 5.13 Å². The Morgan fingerprint density at radius 2 is 2.03 bits per heavy atom. The number of hydrogen-bond acceptors (Lipinski definition) is 8. The quantitative estimate of drug-likeness (QED) is 0.356. The molecule has 0 unspecified atom stereocenters. The average molecular weight is 441 g/mol. The molecule has 8 heteroatoms. The van der Waals surface area contributed by atoms with E-state index in [1.165, 1.54) is 16.9 Å². The van der Waals surface area contributed by atoms with E-state index in [0.717, 1.165) is 22.0 Å². The summed E-state index contributed by atoms with van der Waals surface area (Å²) in [6.45, 7) is 2.11. The standard InChI is InChI=1S/C21H18N3O2S3/c1-2-26-20(25)17-13-29-21(24-17)23-15(11-14-7-4-3-5-8-14)16-12-28-19(22-16)18-9-6-10-27-18/h4-10,12-13,15H,2,11H2,1H3,(H,23,24)/t15-/m0/s1. The third kappa shape index (κ3) is 4.90. The Hall–Kier alpha value is -2.55. The molecule has 1 aromatic carbocycles. The van der Waals surface area contributed by atoms with Crippen molar-refractivity contribution >= 4 is 45.1 Å². The molecule has 1 atom stereocenters. The van der Waals surface area contributed by atoms with Gasteiger partial charge in [0, 0.05) is 10.8 Å². The normalized spacial score (nSPS) is 11.9. The maximum absolute atomic E-state index is 11.9. The van der Waals surface area contributed by atoms with Gasteiger partial charge in [-0.05, 0) is 36.4 Å². The summed E-state index contributed by atoms with van der Waals surface area (Å²) in [6.07, 6.45) is 0.747. The first-order valence-corrected chi connectivity index (χ1v) is 11.7. The number of carbonyl (C=O) groups excluding carboxylic acids is 1. The molecule has 147 valence electrons. The number of rotatable bonds is 8. The van der Waals surface area contributed by atoms with Crippen LogP contribution in [0.2, 0.25) is 0 Å². The fourth-order valence-electron chi connectivity index (χ4n) is 2.77. The second-order valence-corrected chi connectivity index (χ2v) is 8.79. The van der Waals surface area contributed by atoms with Gasteiger partial charge in [-0.15, -0.1) is 34.0 Å². The van der Waals surface area contributed by atoms with Gasteiger partial charge in [-0.25, -0.2) is 14.8 Å². The Labute approximate surface area is 181 Å². The lowest BCUT2D eigenvalue weighted by atomic mass is 10.0. The average Bonchev–Trinajstić information content (AvgIpc) is 3.49. The first kappa shape index (κ1) is 19.8. The lowest BCUT2D eigenvalue weighted by Crippen LogP contribution is -2.14. The van der Waals surface area contributed by atoms with Gasteiger partial charge in [0.1, 0.15) is 5.01 Å². The Bertz CT molecular complexity index is 1060. The van der Waals surface area contributed by atoms with Crippen LogP contribution in [0.25, 0.3) is 9.88 Å². The van der Waals surface area contributed by atoms with Crippen LogP contribution >= 0.6 is 34.0 Å². The summed E-state index contributed by atoms with van der Waals surface area (Å²) >= 11 is 4.71. The molecule has 4 rings (SSSR count). The SMILES string of the molecule is CCOC(=O)c1csc(N[C@@H](Cc2cc[c]cc2)c2csc(-c3cccs3)n2)n1. The number of aromatic nitrogens is 2. The van der Waals surface area contributed by atoms with E-state index in [1.807, 2.05) is 30.3 Å². The summed E-state index contributed by atoms with van der Waals surface area (Å²) in [6, 6.07) is 15.0. The van der Waals surface area contributed by atoms with E-state index >= 15 is 0 Å². The van der Waals surface area contributed by atoms with Gasteiger partial charge >= 0.3 is 5.97 Å². The molecule has 4 aromatic rings. The zero-order valence-corrected chi connectivity index (χ0v) is 18.1. The molecule has 5 nitrogen and oxygen atoms in total. The molecule has 0 saturated heterocycles. The van der Waals surface area contributed by atoms with E-state index in [9.17, 15) is 4.79 Å². The molecule has 0 aliphatic rings. The Kier molecular flexibility index (Phi) is 6.33. The molecular weight excluding hydrogens is 422 g/mol. The number of thiazole rings is 2. The van der Waals surface area contributed by atoms with E-state index in [-0.39, 0.29) is 6.04 Å². The highest BCUT2D eigenvalue weighted by Crippen LogP contribution is 2.32. The zero-order valence-electron chi connectivity index (χ0n) is 15.6.